The van der Waals surface area contributed by atoms with Crippen LogP contribution in [0.1, 0.15) is 25.0 Å². The first kappa shape index (κ1) is 14.8. The lowest BCUT2D eigenvalue weighted by Gasteiger charge is -2.52. The van der Waals surface area contributed by atoms with Crippen LogP contribution in [0.25, 0.3) is 0 Å². The van der Waals surface area contributed by atoms with Gasteiger partial charge in [-0.3, -0.25) is 4.79 Å². The van der Waals surface area contributed by atoms with Gasteiger partial charge in [0.05, 0.1) is 5.41 Å². The molecule has 0 spiro atoms. The van der Waals surface area contributed by atoms with Gasteiger partial charge in [0.1, 0.15) is 17.6 Å². The SMILES string of the molecule is CN1CCC[C@]2(C(=O)O)CCN(c3cccc(C#N)n3)C[C@@H]12. The van der Waals surface area contributed by atoms with Crippen LogP contribution in [0.5, 0.6) is 0 Å². The highest BCUT2D eigenvalue weighted by Gasteiger charge is 2.52. The van der Waals surface area contributed by atoms with Crippen molar-refractivity contribution in [2.75, 3.05) is 31.6 Å². The maximum atomic E-state index is 11.9. The van der Waals surface area contributed by atoms with Gasteiger partial charge in [0, 0.05) is 19.1 Å². The molecule has 0 bridgehead atoms. The number of carboxylic acids is 1. The van der Waals surface area contributed by atoms with Crippen molar-refractivity contribution < 1.29 is 9.90 Å². The number of pyridine rings is 1. The standard InChI is InChI=1S/C16H20N4O2/c1-19-8-3-6-16(15(21)22)7-9-20(11-13(16)19)14-5-2-4-12(10-17)18-14/h2,4-5,13H,3,6-9,11H2,1H3,(H,21,22)/t13-,16+/m1/s1. The number of hydrogen-bond acceptors (Lipinski definition) is 5. The summed E-state index contributed by atoms with van der Waals surface area (Å²) >= 11 is 0. The van der Waals surface area contributed by atoms with E-state index in [1.54, 1.807) is 6.07 Å². The minimum atomic E-state index is -0.678. The number of nitrogens with zero attached hydrogens (tertiary/aromatic N) is 4. The van der Waals surface area contributed by atoms with Gasteiger partial charge in [-0.25, -0.2) is 4.98 Å². The molecule has 2 aliphatic rings. The van der Waals surface area contributed by atoms with Crippen LogP contribution in [0, 0.1) is 16.7 Å². The van der Waals surface area contributed by atoms with Crippen LogP contribution in [-0.4, -0.2) is 53.7 Å². The van der Waals surface area contributed by atoms with Gasteiger partial charge in [0.15, 0.2) is 0 Å². The Morgan fingerprint density at radius 1 is 1.45 bits per heavy atom. The molecule has 3 rings (SSSR count). The second kappa shape index (κ2) is 5.58. The lowest BCUT2D eigenvalue weighted by molar-refractivity contribution is -0.158. The Balaban J connectivity index is 1.88. The molecule has 6 heteroatoms. The maximum absolute atomic E-state index is 11.9. The Bertz CT molecular complexity index is 627. The fraction of sp³-hybridized carbons (Fsp3) is 0.562. The monoisotopic (exact) mass is 300 g/mol. The number of fused-ring (bicyclic) bond motifs is 1. The summed E-state index contributed by atoms with van der Waals surface area (Å²) in [6.07, 6.45) is 2.30. The largest absolute Gasteiger partial charge is 0.481 e. The van der Waals surface area contributed by atoms with E-state index in [-0.39, 0.29) is 6.04 Å². The van der Waals surface area contributed by atoms with Gasteiger partial charge in [-0.15, -0.1) is 0 Å². The maximum Gasteiger partial charge on any atom is 0.311 e. The van der Waals surface area contributed by atoms with Gasteiger partial charge < -0.3 is 14.9 Å². The van der Waals surface area contributed by atoms with Crippen LogP contribution < -0.4 is 4.90 Å². The summed E-state index contributed by atoms with van der Waals surface area (Å²) in [5, 5.41) is 18.8. The zero-order valence-electron chi connectivity index (χ0n) is 12.7. The number of aliphatic carboxylic acids is 1. The average Bonchev–Trinajstić information content (AvgIpc) is 2.55. The summed E-state index contributed by atoms with van der Waals surface area (Å²) in [4.78, 5) is 20.5. The second-order valence-electron chi connectivity index (χ2n) is 6.25. The summed E-state index contributed by atoms with van der Waals surface area (Å²) < 4.78 is 0. The number of piperidine rings is 2. The third-order valence-electron chi connectivity index (χ3n) is 5.12. The highest BCUT2D eigenvalue weighted by Crippen LogP contribution is 2.42. The topological polar surface area (TPSA) is 80.5 Å². The minimum absolute atomic E-state index is 0.0139. The Kier molecular flexibility index (Phi) is 3.75. The van der Waals surface area contributed by atoms with Crippen LogP contribution in [0.4, 0.5) is 5.82 Å². The molecule has 1 aromatic rings. The molecule has 0 radical (unpaired) electrons. The predicted molar refractivity (Wildman–Crippen MR) is 81.5 cm³/mol. The summed E-state index contributed by atoms with van der Waals surface area (Å²) in [7, 11) is 2.00. The fourth-order valence-corrected chi connectivity index (χ4v) is 3.85. The molecule has 116 valence electrons. The van der Waals surface area contributed by atoms with Crippen molar-refractivity contribution in [3.63, 3.8) is 0 Å². The summed E-state index contributed by atoms with van der Waals surface area (Å²) in [6, 6.07) is 7.43. The first-order chi connectivity index (χ1) is 10.6. The molecule has 2 aliphatic heterocycles. The molecule has 0 amide bonds. The van der Waals surface area contributed by atoms with Crippen molar-refractivity contribution in [3.8, 4) is 6.07 Å². The number of carbonyl (C=O) groups is 1. The average molecular weight is 300 g/mol. The first-order valence-electron chi connectivity index (χ1n) is 7.62. The Morgan fingerprint density at radius 3 is 3.00 bits per heavy atom. The van der Waals surface area contributed by atoms with Crippen LogP contribution in [0.15, 0.2) is 18.2 Å². The molecule has 0 aromatic carbocycles. The number of rotatable bonds is 2. The van der Waals surface area contributed by atoms with Gasteiger partial charge in [0.2, 0.25) is 0 Å². The molecule has 3 heterocycles. The fourth-order valence-electron chi connectivity index (χ4n) is 3.85. The molecule has 2 fully saturated rings. The van der Waals surface area contributed by atoms with E-state index in [0.717, 1.165) is 25.2 Å². The Morgan fingerprint density at radius 2 is 2.27 bits per heavy atom. The zero-order chi connectivity index (χ0) is 15.7. The van der Waals surface area contributed by atoms with Crippen LogP contribution in [0.2, 0.25) is 0 Å². The number of nitriles is 1. The van der Waals surface area contributed by atoms with E-state index in [4.69, 9.17) is 5.26 Å². The smallest absolute Gasteiger partial charge is 0.311 e. The van der Waals surface area contributed by atoms with Gasteiger partial charge in [0.25, 0.3) is 0 Å². The number of likely N-dealkylation sites (tertiary alicyclic amines) is 1. The molecule has 2 atom stereocenters. The Hall–Kier alpha value is -2.13. The molecular formula is C16H20N4O2. The van der Waals surface area contributed by atoms with Gasteiger partial charge in [-0.2, -0.15) is 5.26 Å². The Labute approximate surface area is 130 Å². The van der Waals surface area contributed by atoms with Crippen LogP contribution in [0.3, 0.4) is 0 Å². The molecule has 6 nitrogen and oxygen atoms in total. The predicted octanol–water partition coefficient (Wildman–Crippen LogP) is 1.33. The first-order valence-corrected chi connectivity index (χ1v) is 7.62. The molecular weight excluding hydrogens is 280 g/mol. The highest BCUT2D eigenvalue weighted by atomic mass is 16.4. The normalized spacial score (nSPS) is 28.7. The second-order valence-corrected chi connectivity index (χ2v) is 6.25. The van der Waals surface area contributed by atoms with E-state index in [0.29, 0.717) is 25.2 Å². The van der Waals surface area contributed by atoms with Crippen molar-refractivity contribution in [2.24, 2.45) is 5.41 Å². The number of aromatic nitrogens is 1. The number of likely N-dealkylation sites (N-methyl/N-ethyl adjacent to an activating group) is 1. The number of anilines is 1. The quantitative estimate of drug-likeness (QED) is 0.887. The van der Waals surface area contributed by atoms with Crippen molar-refractivity contribution in [1.82, 2.24) is 9.88 Å². The third-order valence-corrected chi connectivity index (χ3v) is 5.12. The van der Waals surface area contributed by atoms with E-state index < -0.39 is 11.4 Å². The van der Waals surface area contributed by atoms with E-state index in [1.165, 1.54) is 0 Å². The summed E-state index contributed by atoms with van der Waals surface area (Å²) in [5.74, 6) is 0.0828. The number of carboxylic acid groups (broad SMARTS) is 1. The molecule has 0 aliphatic carbocycles. The van der Waals surface area contributed by atoms with Crippen LogP contribution >= 0.6 is 0 Å². The summed E-state index contributed by atoms with van der Waals surface area (Å²) in [5.41, 5.74) is -0.249. The van der Waals surface area contributed by atoms with Crippen molar-refractivity contribution >= 4 is 11.8 Å². The lowest BCUT2D eigenvalue weighted by Crippen LogP contribution is -2.63. The molecule has 1 aromatic heterocycles. The number of hydrogen-bond donors (Lipinski definition) is 1. The molecule has 1 N–H and O–H groups in total. The highest BCUT2D eigenvalue weighted by molar-refractivity contribution is 5.76. The van der Waals surface area contributed by atoms with Crippen molar-refractivity contribution in [3.05, 3.63) is 23.9 Å². The summed E-state index contributed by atoms with van der Waals surface area (Å²) in [6.45, 7) is 2.24. The minimum Gasteiger partial charge on any atom is -0.481 e. The van der Waals surface area contributed by atoms with Crippen molar-refractivity contribution in [2.45, 2.75) is 25.3 Å². The molecule has 0 unspecified atom stereocenters. The zero-order valence-corrected chi connectivity index (χ0v) is 12.7. The van der Waals surface area contributed by atoms with E-state index >= 15 is 0 Å². The van der Waals surface area contributed by atoms with E-state index in [1.807, 2.05) is 19.2 Å². The van der Waals surface area contributed by atoms with Gasteiger partial charge in [-0.05, 0) is 45.0 Å². The van der Waals surface area contributed by atoms with Gasteiger partial charge >= 0.3 is 5.97 Å². The van der Waals surface area contributed by atoms with Crippen molar-refractivity contribution in [1.29, 1.82) is 5.26 Å². The van der Waals surface area contributed by atoms with Gasteiger partial charge in [-0.1, -0.05) is 6.07 Å². The third kappa shape index (κ3) is 2.32. The molecule has 22 heavy (non-hydrogen) atoms. The lowest BCUT2D eigenvalue weighted by atomic mass is 9.68. The van der Waals surface area contributed by atoms with E-state index in [9.17, 15) is 9.90 Å². The molecule has 0 saturated carbocycles. The van der Waals surface area contributed by atoms with Crippen LogP contribution in [-0.2, 0) is 4.79 Å². The van der Waals surface area contributed by atoms with E-state index in [2.05, 4.69) is 20.9 Å². The molecule has 2 saturated heterocycles.